The molecule has 0 aliphatic carbocycles. The SMILES string of the molecule is CCCNc1nccc(Nc2c(Cl)cc(F)cc2Cl)n1. The van der Waals surface area contributed by atoms with Crippen molar-refractivity contribution in [2.24, 2.45) is 0 Å². The predicted octanol–water partition coefficient (Wildman–Crippen LogP) is 4.49. The quantitative estimate of drug-likeness (QED) is 0.853. The van der Waals surface area contributed by atoms with Crippen molar-refractivity contribution < 1.29 is 4.39 Å². The summed E-state index contributed by atoms with van der Waals surface area (Å²) in [5.41, 5.74) is 0.412. The molecule has 0 radical (unpaired) electrons. The van der Waals surface area contributed by atoms with E-state index in [0.717, 1.165) is 13.0 Å². The second-order valence-electron chi connectivity index (χ2n) is 4.06. The largest absolute Gasteiger partial charge is 0.354 e. The number of benzene rings is 1. The molecule has 0 spiro atoms. The zero-order valence-corrected chi connectivity index (χ0v) is 12.3. The normalized spacial score (nSPS) is 10.4. The summed E-state index contributed by atoms with van der Waals surface area (Å²) in [5, 5.41) is 6.42. The maximum Gasteiger partial charge on any atom is 0.224 e. The van der Waals surface area contributed by atoms with Crippen molar-refractivity contribution in [3.63, 3.8) is 0 Å². The lowest BCUT2D eigenvalue weighted by Gasteiger charge is -2.11. The fourth-order valence-corrected chi connectivity index (χ4v) is 2.09. The highest BCUT2D eigenvalue weighted by Gasteiger charge is 2.09. The lowest BCUT2D eigenvalue weighted by Crippen LogP contribution is -2.05. The molecule has 1 aromatic heterocycles. The van der Waals surface area contributed by atoms with Gasteiger partial charge >= 0.3 is 0 Å². The highest BCUT2D eigenvalue weighted by atomic mass is 35.5. The molecule has 2 N–H and O–H groups in total. The van der Waals surface area contributed by atoms with Crippen LogP contribution in [0, 0.1) is 5.82 Å². The van der Waals surface area contributed by atoms with Gasteiger partial charge in [0, 0.05) is 12.7 Å². The average Bonchev–Trinajstić information content (AvgIpc) is 2.41. The van der Waals surface area contributed by atoms with E-state index in [4.69, 9.17) is 23.2 Å². The average molecular weight is 315 g/mol. The Morgan fingerprint density at radius 2 is 1.95 bits per heavy atom. The van der Waals surface area contributed by atoms with E-state index < -0.39 is 5.82 Å². The van der Waals surface area contributed by atoms with Crippen LogP contribution in [0.4, 0.5) is 21.8 Å². The molecule has 0 amide bonds. The van der Waals surface area contributed by atoms with Crippen LogP contribution in [0.1, 0.15) is 13.3 Å². The lowest BCUT2D eigenvalue weighted by atomic mass is 10.3. The fraction of sp³-hybridized carbons (Fsp3) is 0.231. The van der Waals surface area contributed by atoms with Gasteiger partial charge in [0.15, 0.2) is 0 Å². The number of halogens is 3. The van der Waals surface area contributed by atoms with Gasteiger partial charge in [0.2, 0.25) is 5.95 Å². The first kappa shape index (κ1) is 14.8. The van der Waals surface area contributed by atoms with Gasteiger partial charge in [0.1, 0.15) is 11.6 Å². The van der Waals surface area contributed by atoms with Gasteiger partial charge in [0.25, 0.3) is 0 Å². The van der Waals surface area contributed by atoms with Crippen molar-refractivity contribution in [2.45, 2.75) is 13.3 Å². The molecular weight excluding hydrogens is 302 g/mol. The van der Waals surface area contributed by atoms with Crippen molar-refractivity contribution in [3.8, 4) is 0 Å². The zero-order valence-electron chi connectivity index (χ0n) is 10.8. The van der Waals surface area contributed by atoms with Crippen molar-refractivity contribution in [1.29, 1.82) is 0 Å². The van der Waals surface area contributed by atoms with Gasteiger partial charge in [-0.25, -0.2) is 9.37 Å². The molecule has 4 nitrogen and oxygen atoms in total. The Bertz CT molecular complexity index is 584. The summed E-state index contributed by atoms with van der Waals surface area (Å²) in [6.07, 6.45) is 2.58. The highest BCUT2D eigenvalue weighted by Crippen LogP contribution is 2.33. The number of nitrogens with one attached hydrogen (secondary N) is 2. The van der Waals surface area contributed by atoms with Gasteiger partial charge in [-0.2, -0.15) is 4.98 Å². The topological polar surface area (TPSA) is 49.8 Å². The van der Waals surface area contributed by atoms with E-state index in [0.29, 0.717) is 17.5 Å². The second-order valence-corrected chi connectivity index (χ2v) is 4.88. The van der Waals surface area contributed by atoms with Crippen LogP contribution in [-0.4, -0.2) is 16.5 Å². The Balaban J connectivity index is 2.22. The zero-order chi connectivity index (χ0) is 14.5. The summed E-state index contributed by atoms with van der Waals surface area (Å²) < 4.78 is 13.1. The van der Waals surface area contributed by atoms with Gasteiger partial charge in [-0.3, -0.25) is 0 Å². The fourth-order valence-electron chi connectivity index (χ4n) is 1.54. The molecule has 2 aromatic rings. The van der Waals surface area contributed by atoms with Gasteiger partial charge in [-0.15, -0.1) is 0 Å². The Kier molecular flexibility index (Phi) is 4.98. The molecule has 1 heterocycles. The van der Waals surface area contributed by atoms with Crippen LogP contribution in [-0.2, 0) is 0 Å². The molecular formula is C13H13Cl2FN4. The first-order valence-corrected chi connectivity index (χ1v) is 6.84. The number of hydrogen-bond donors (Lipinski definition) is 2. The van der Waals surface area contributed by atoms with Gasteiger partial charge in [0.05, 0.1) is 15.7 Å². The molecule has 20 heavy (non-hydrogen) atoms. The van der Waals surface area contributed by atoms with Crippen molar-refractivity contribution in [2.75, 3.05) is 17.2 Å². The number of hydrogen-bond acceptors (Lipinski definition) is 4. The summed E-state index contributed by atoms with van der Waals surface area (Å²) in [6, 6.07) is 4.05. The number of rotatable bonds is 5. The van der Waals surface area contributed by atoms with Gasteiger partial charge in [-0.05, 0) is 24.6 Å². The van der Waals surface area contributed by atoms with E-state index in [1.54, 1.807) is 12.3 Å². The van der Waals surface area contributed by atoms with Crippen LogP contribution >= 0.6 is 23.2 Å². The molecule has 0 bridgehead atoms. The molecule has 0 saturated carbocycles. The first-order valence-electron chi connectivity index (χ1n) is 6.08. The number of aromatic nitrogens is 2. The van der Waals surface area contributed by atoms with Gasteiger partial charge < -0.3 is 10.6 Å². The summed E-state index contributed by atoms with van der Waals surface area (Å²) in [6.45, 7) is 2.83. The summed E-state index contributed by atoms with van der Waals surface area (Å²) in [5.74, 6) is 0.541. The molecule has 0 fully saturated rings. The van der Waals surface area contributed by atoms with Crippen molar-refractivity contribution >= 4 is 40.7 Å². The Morgan fingerprint density at radius 1 is 1.25 bits per heavy atom. The van der Waals surface area contributed by atoms with Crippen molar-refractivity contribution in [1.82, 2.24) is 9.97 Å². The Hall–Kier alpha value is -1.59. The predicted molar refractivity (Wildman–Crippen MR) is 80.5 cm³/mol. The minimum atomic E-state index is -0.487. The van der Waals surface area contributed by atoms with E-state index in [9.17, 15) is 4.39 Å². The van der Waals surface area contributed by atoms with E-state index in [1.807, 2.05) is 6.92 Å². The maximum atomic E-state index is 13.1. The van der Waals surface area contributed by atoms with E-state index in [2.05, 4.69) is 20.6 Å². The van der Waals surface area contributed by atoms with E-state index in [-0.39, 0.29) is 10.0 Å². The first-order chi connectivity index (χ1) is 9.60. The van der Waals surface area contributed by atoms with Crippen LogP contribution in [0.3, 0.4) is 0 Å². The molecule has 0 aliphatic rings. The van der Waals surface area contributed by atoms with Crippen molar-refractivity contribution in [3.05, 3.63) is 40.3 Å². The van der Waals surface area contributed by atoms with Gasteiger partial charge in [-0.1, -0.05) is 30.1 Å². The summed E-state index contributed by atoms with van der Waals surface area (Å²) in [7, 11) is 0. The molecule has 106 valence electrons. The Morgan fingerprint density at radius 3 is 2.60 bits per heavy atom. The molecule has 0 saturated heterocycles. The second kappa shape index (κ2) is 6.72. The van der Waals surface area contributed by atoms with Crippen LogP contribution in [0.25, 0.3) is 0 Å². The number of anilines is 3. The minimum Gasteiger partial charge on any atom is -0.354 e. The van der Waals surface area contributed by atoms with Crippen LogP contribution in [0.2, 0.25) is 10.0 Å². The van der Waals surface area contributed by atoms with Crippen LogP contribution in [0.15, 0.2) is 24.4 Å². The van der Waals surface area contributed by atoms with E-state index >= 15 is 0 Å². The molecule has 7 heteroatoms. The molecule has 2 rings (SSSR count). The molecule has 0 unspecified atom stereocenters. The lowest BCUT2D eigenvalue weighted by molar-refractivity contribution is 0.628. The summed E-state index contributed by atoms with van der Waals surface area (Å²) in [4.78, 5) is 8.36. The van der Waals surface area contributed by atoms with Crippen LogP contribution < -0.4 is 10.6 Å². The third-order valence-corrected chi connectivity index (χ3v) is 3.04. The third kappa shape index (κ3) is 3.71. The van der Waals surface area contributed by atoms with Crippen LogP contribution in [0.5, 0.6) is 0 Å². The molecule has 0 atom stereocenters. The molecule has 0 aliphatic heterocycles. The monoisotopic (exact) mass is 314 g/mol. The Labute approximate surface area is 126 Å². The standard InChI is InChI=1S/C13H13Cl2FN4/c1-2-4-17-13-18-5-3-11(20-13)19-12-9(14)6-8(16)7-10(12)15/h3,5-7H,2,4H2,1H3,(H2,17,18,19,20). The maximum absolute atomic E-state index is 13.1. The minimum absolute atomic E-state index is 0.191. The molecule has 1 aromatic carbocycles. The number of nitrogens with zero attached hydrogens (tertiary/aromatic N) is 2. The van der Waals surface area contributed by atoms with E-state index in [1.165, 1.54) is 12.1 Å². The highest BCUT2D eigenvalue weighted by molar-refractivity contribution is 6.39. The third-order valence-electron chi connectivity index (χ3n) is 2.45. The smallest absolute Gasteiger partial charge is 0.224 e. The summed E-state index contributed by atoms with van der Waals surface area (Å²) >= 11 is 11.9.